The van der Waals surface area contributed by atoms with Gasteiger partial charge in [-0.3, -0.25) is 10.1 Å². The van der Waals surface area contributed by atoms with Gasteiger partial charge in [0.25, 0.3) is 5.91 Å². The van der Waals surface area contributed by atoms with Crippen LogP contribution in [-0.2, 0) is 27.6 Å². The summed E-state index contributed by atoms with van der Waals surface area (Å²) in [6, 6.07) is 14.6. The molecule has 0 saturated carbocycles. The summed E-state index contributed by atoms with van der Waals surface area (Å²) in [5.41, 5.74) is 3.98. The molecule has 180 valence electrons. The molecule has 2 heterocycles. The molecule has 4 aromatic rings. The Morgan fingerprint density at radius 3 is 2.51 bits per heavy atom. The van der Waals surface area contributed by atoms with E-state index in [-0.39, 0.29) is 23.0 Å². The number of thiazole rings is 1. The second-order valence-electron chi connectivity index (χ2n) is 9.30. The molecule has 35 heavy (non-hydrogen) atoms. The van der Waals surface area contributed by atoms with Crippen LogP contribution in [0.5, 0.6) is 0 Å². The number of anilines is 1. The predicted molar refractivity (Wildman–Crippen MR) is 138 cm³/mol. The lowest BCUT2D eigenvalue weighted by Crippen LogP contribution is -2.48. The Morgan fingerprint density at radius 2 is 1.77 bits per heavy atom. The fourth-order valence-electron chi connectivity index (χ4n) is 5.18. The van der Waals surface area contributed by atoms with Gasteiger partial charge >= 0.3 is 0 Å². The lowest BCUT2D eigenvalue weighted by atomic mass is 10.0. The maximum Gasteiger partial charge on any atom is 0.257 e. The summed E-state index contributed by atoms with van der Waals surface area (Å²) in [6.07, 6.45) is 1.76. The van der Waals surface area contributed by atoms with Gasteiger partial charge in [-0.2, -0.15) is 4.31 Å². The number of nitrogens with one attached hydrogen (secondary N) is 1. The summed E-state index contributed by atoms with van der Waals surface area (Å²) < 4.78 is 34.3. The van der Waals surface area contributed by atoms with E-state index in [2.05, 4.69) is 29.6 Å². The van der Waals surface area contributed by atoms with Crippen molar-refractivity contribution in [3.05, 3.63) is 65.2 Å². The van der Waals surface area contributed by atoms with Gasteiger partial charge in [0.2, 0.25) is 10.0 Å². The van der Waals surface area contributed by atoms with E-state index in [4.69, 9.17) is 9.72 Å². The van der Waals surface area contributed by atoms with E-state index in [9.17, 15) is 13.2 Å². The predicted octanol–water partition coefficient (Wildman–Crippen LogP) is 4.60. The Bertz CT molecular complexity index is 1570. The van der Waals surface area contributed by atoms with Crippen LogP contribution in [0.2, 0.25) is 0 Å². The summed E-state index contributed by atoms with van der Waals surface area (Å²) in [6.45, 7) is 4.35. The minimum Gasteiger partial charge on any atom is -0.373 e. The van der Waals surface area contributed by atoms with Crippen LogP contribution in [0.15, 0.2) is 53.4 Å². The van der Waals surface area contributed by atoms with Gasteiger partial charge in [-0.25, -0.2) is 13.4 Å². The van der Waals surface area contributed by atoms with E-state index in [0.29, 0.717) is 23.8 Å². The molecule has 1 aliphatic heterocycles. The van der Waals surface area contributed by atoms with Crippen LogP contribution in [0.3, 0.4) is 0 Å². The van der Waals surface area contributed by atoms with E-state index >= 15 is 0 Å². The molecule has 1 aliphatic carbocycles. The molecular weight excluding hydrogens is 482 g/mol. The van der Waals surface area contributed by atoms with E-state index in [1.807, 2.05) is 13.8 Å². The molecule has 1 N–H and O–H groups in total. The minimum absolute atomic E-state index is 0.166. The number of aryl methyl sites for hydroxylation is 2. The summed E-state index contributed by atoms with van der Waals surface area (Å²) in [5, 5.41) is 5.85. The number of aromatic nitrogens is 1. The quantitative estimate of drug-likeness (QED) is 0.436. The molecule has 1 aromatic heterocycles. The highest BCUT2D eigenvalue weighted by molar-refractivity contribution is 7.89. The Morgan fingerprint density at radius 1 is 1.06 bits per heavy atom. The van der Waals surface area contributed by atoms with E-state index in [1.54, 1.807) is 12.1 Å². The molecule has 2 aliphatic rings. The number of ether oxygens (including phenoxy) is 1. The zero-order valence-corrected chi connectivity index (χ0v) is 21.1. The molecular formula is C26H25N3O4S2. The van der Waals surface area contributed by atoms with E-state index in [1.165, 1.54) is 44.3 Å². The number of morpholine rings is 1. The SMILES string of the molecule is CC1CN(S(=O)(=O)c2ccc(C(=O)Nc3nc4c(cc5c6c(cccc64)CC5)s3)cc2)CC(C)O1. The molecule has 1 fully saturated rings. The van der Waals surface area contributed by atoms with Crippen LogP contribution in [0.25, 0.3) is 21.0 Å². The highest BCUT2D eigenvalue weighted by Gasteiger charge is 2.32. The number of fused-ring (bicyclic) bond motifs is 2. The van der Waals surface area contributed by atoms with Gasteiger partial charge in [0.05, 0.1) is 27.3 Å². The molecule has 9 heteroatoms. The first-order valence-corrected chi connectivity index (χ1v) is 14.0. The van der Waals surface area contributed by atoms with Crippen molar-refractivity contribution in [3.63, 3.8) is 0 Å². The number of hydrogen-bond acceptors (Lipinski definition) is 6. The Balaban J connectivity index is 1.24. The van der Waals surface area contributed by atoms with Gasteiger partial charge in [-0.05, 0) is 73.5 Å². The fraction of sp³-hybridized carbons (Fsp3) is 0.308. The van der Waals surface area contributed by atoms with Crippen molar-refractivity contribution < 1.29 is 17.9 Å². The molecule has 3 aromatic carbocycles. The molecule has 0 spiro atoms. The molecule has 0 bridgehead atoms. The largest absolute Gasteiger partial charge is 0.373 e. The smallest absolute Gasteiger partial charge is 0.257 e. The van der Waals surface area contributed by atoms with Crippen molar-refractivity contribution >= 4 is 53.4 Å². The van der Waals surface area contributed by atoms with Crippen molar-refractivity contribution in [1.29, 1.82) is 0 Å². The number of rotatable bonds is 4. The maximum absolute atomic E-state index is 13.1. The van der Waals surface area contributed by atoms with E-state index in [0.717, 1.165) is 28.4 Å². The lowest BCUT2D eigenvalue weighted by Gasteiger charge is -2.34. The molecule has 7 nitrogen and oxygen atoms in total. The first-order valence-electron chi connectivity index (χ1n) is 11.7. The Hall–Kier alpha value is -2.85. The third kappa shape index (κ3) is 3.92. The minimum atomic E-state index is -3.66. The number of amides is 1. The van der Waals surface area contributed by atoms with Crippen molar-refractivity contribution in [2.75, 3.05) is 18.4 Å². The highest BCUT2D eigenvalue weighted by Crippen LogP contribution is 2.39. The van der Waals surface area contributed by atoms with Gasteiger partial charge in [-0.1, -0.05) is 29.5 Å². The standard InChI is InChI=1S/C26H25N3O4S2/c1-15-13-29(14-16(2)33-15)35(31,32)20-10-8-18(9-11-20)25(30)28-26-27-24-21-5-3-4-17-6-7-19(23(17)21)12-22(24)34-26/h3-5,8-12,15-16H,6-7,13-14H2,1-2H3,(H,27,28,30). The van der Waals surface area contributed by atoms with Gasteiger partial charge in [0, 0.05) is 24.0 Å². The second-order valence-corrected chi connectivity index (χ2v) is 12.3. The monoisotopic (exact) mass is 507 g/mol. The maximum atomic E-state index is 13.1. The molecule has 1 saturated heterocycles. The number of hydrogen-bond donors (Lipinski definition) is 1. The second kappa shape index (κ2) is 8.37. The molecule has 1 amide bonds. The van der Waals surface area contributed by atoms with Gasteiger partial charge in [-0.15, -0.1) is 0 Å². The van der Waals surface area contributed by atoms with Crippen LogP contribution < -0.4 is 5.32 Å². The Kier molecular flexibility index (Phi) is 5.41. The van der Waals surface area contributed by atoms with Crippen molar-refractivity contribution in [1.82, 2.24) is 9.29 Å². The van der Waals surface area contributed by atoms with Gasteiger partial charge < -0.3 is 4.74 Å². The molecule has 6 rings (SSSR count). The van der Waals surface area contributed by atoms with Crippen LogP contribution in [0, 0.1) is 0 Å². The lowest BCUT2D eigenvalue weighted by molar-refractivity contribution is -0.0440. The highest BCUT2D eigenvalue weighted by atomic mass is 32.2. The van der Waals surface area contributed by atoms with E-state index < -0.39 is 10.0 Å². The molecule has 2 unspecified atom stereocenters. The van der Waals surface area contributed by atoms with Crippen LogP contribution in [-0.4, -0.2) is 48.9 Å². The van der Waals surface area contributed by atoms with Crippen molar-refractivity contribution in [3.8, 4) is 0 Å². The summed E-state index contributed by atoms with van der Waals surface area (Å²) in [7, 11) is -3.66. The van der Waals surface area contributed by atoms with Crippen LogP contribution in [0.4, 0.5) is 5.13 Å². The topological polar surface area (TPSA) is 88.6 Å². The average molecular weight is 508 g/mol. The zero-order chi connectivity index (χ0) is 24.3. The number of benzene rings is 3. The number of carbonyl (C=O) groups is 1. The average Bonchev–Trinajstić information content (AvgIpc) is 3.43. The third-order valence-electron chi connectivity index (χ3n) is 6.71. The zero-order valence-electron chi connectivity index (χ0n) is 19.4. The van der Waals surface area contributed by atoms with Crippen LogP contribution >= 0.6 is 11.3 Å². The molecule has 0 radical (unpaired) electrons. The first kappa shape index (κ1) is 22.6. The van der Waals surface area contributed by atoms with Crippen molar-refractivity contribution in [2.45, 2.75) is 43.8 Å². The summed E-state index contributed by atoms with van der Waals surface area (Å²) in [4.78, 5) is 17.8. The fourth-order valence-corrected chi connectivity index (χ4v) is 7.71. The summed E-state index contributed by atoms with van der Waals surface area (Å²) >= 11 is 1.46. The number of carbonyl (C=O) groups excluding carboxylic acids is 1. The summed E-state index contributed by atoms with van der Waals surface area (Å²) in [5.74, 6) is -0.320. The Labute approximate surface area is 207 Å². The molecule has 2 atom stereocenters. The van der Waals surface area contributed by atoms with Crippen molar-refractivity contribution in [2.24, 2.45) is 0 Å². The van der Waals surface area contributed by atoms with Gasteiger partial charge in [0.15, 0.2) is 5.13 Å². The number of sulfonamides is 1. The normalized spacial score (nSPS) is 20.5. The third-order valence-corrected chi connectivity index (χ3v) is 9.47. The van der Waals surface area contributed by atoms with Crippen LogP contribution in [0.1, 0.15) is 35.3 Å². The number of nitrogens with zero attached hydrogens (tertiary/aromatic N) is 2. The van der Waals surface area contributed by atoms with Gasteiger partial charge in [0.1, 0.15) is 0 Å². The first-order chi connectivity index (χ1) is 16.8.